The van der Waals surface area contributed by atoms with E-state index >= 15 is 0 Å². The fourth-order valence-corrected chi connectivity index (χ4v) is 10.2. The maximum absolute atomic E-state index is 2.51. The number of hydrogen-bond acceptors (Lipinski definition) is 2. The third kappa shape index (κ3) is 3.94. The predicted molar refractivity (Wildman–Crippen MR) is 221 cm³/mol. The van der Waals surface area contributed by atoms with E-state index in [4.69, 9.17) is 0 Å². The van der Waals surface area contributed by atoms with Crippen LogP contribution in [0.2, 0.25) is 0 Å². The molecule has 0 unspecified atom stereocenters. The van der Waals surface area contributed by atoms with E-state index in [9.17, 15) is 0 Å². The molecule has 0 saturated heterocycles. The van der Waals surface area contributed by atoms with Gasteiger partial charge in [-0.05, 0) is 109 Å². The molecule has 2 nitrogen and oxygen atoms in total. The molecule has 0 amide bonds. The van der Waals surface area contributed by atoms with Crippen LogP contribution in [0.1, 0.15) is 45.2 Å². The van der Waals surface area contributed by atoms with Gasteiger partial charge >= 0.3 is 0 Å². The summed E-state index contributed by atoms with van der Waals surface area (Å²) in [5, 5.41) is 0. The maximum Gasteiger partial charge on any atom is 0.252 e. The molecular weight excluding hydrogens is 639 g/mol. The Bertz CT molecular complexity index is 2610. The van der Waals surface area contributed by atoms with E-state index in [0.717, 1.165) is 0 Å². The van der Waals surface area contributed by atoms with Crippen LogP contribution in [0.4, 0.5) is 34.1 Å². The lowest BCUT2D eigenvalue weighted by molar-refractivity contribution is 0.756. The third-order valence-electron chi connectivity index (χ3n) is 12.2. The molecule has 0 N–H and O–H groups in total. The van der Waals surface area contributed by atoms with Gasteiger partial charge in [0.05, 0.1) is 0 Å². The van der Waals surface area contributed by atoms with Gasteiger partial charge < -0.3 is 9.80 Å². The number of benzene rings is 8. The van der Waals surface area contributed by atoms with E-state index in [-0.39, 0.29) is 18.5 Å². The summed E-state index contributed by atoms with van der Waals surface area (Å²) in [6.07, 6.45) is 0. The lowest BCUT2D eigenvalue weighted by Crippen LogP contribution is -2.61. The number of nitrogens with zero attached hydrogens (tertiary/aromatic N) is 2. The Kier molecular flexibility index (Phi) is 6.01. The van der Waals surface area contributed by atoms with Crippen LogP contribution in [0.25, 0.3) is 11.1 Å². The molecule has 0 spiro atoms. The van der Waals surface area contributed by atoms with Gasteiger partial charge in [0.2, 0.25) is 0 Å². The number of rotatable bonds is 3. The number of fused-ring (bicyclic) bond motifs is 4. The van der Waals surface area contributed by atoms with Crippen molar-refractivity contribution in [3.63, 3.8) is 0 Å². The fraction of sp³-hybridized carbons (Fsp3) is 0.0400. The second kappa shape index (κ2) is 11.0. The quantitative estimate of drug-likeness (QED) is 0.172. The first kappa shape index (κ1) is 29.0. The Labute approximate surface area is 310 Å². The summed E-state index contributed by atoms with van der Waals surface area (Å²) in [6, 6.07) is 70.3. The lowest BCUT2D eigenvalue weighted by atomic mass is 9.33. The Balaban J connectivity index is 1.19. The summed E-state index contributed by atoms with van der Waals surface area (Å²) in [4.78, 5) is 5.02. The van der Waals surface area contributed by atoms with Crippen molar-refractivity contribution in [1.82, 2.24) is 0 Å². The molecule has 5 aliphatic rings. The minimum absolute atomic E-state index is 0.0980. The summed E-state index contributed by atoms with van der Waals surface area (Å²) < 4.78 is 0. The lowest BCUT2D eigenvalue weighted by Gasteiger charge is -2.45. The minimum atomic E-state index is 0.0980. The highest BCUT2D eigenvalue weighted by atomic mass is 15.2. The van der Waals surface area contributed by atoms with E-state index in [2.05, 4.69) is 198 Å². The summed E-state index contributed by atoms with van der Waals surface area (Å²) in [5.41, 5.74) is 22.5. The molecule has 8 aromatic rings. The Morgan fingerprint density at radius 2 is 0.792 bits per heavy atom. The molecule has 0 radical (unpaired) electrons. The fourth-order valence-electron chi connectivity index (χ4n) is 10.2. The highest BCUT2D eigenvalue weighted by Gasteiger charge is 2.45. The highest BCUT2D eigenvalue weighted by Crippen LogP contribution is 2.58. The molecule has 8 aromatic carbocycles. The number of hydrogen-bond donors (Lipinski definition) is 0. The third-order valence-corrected chi connectivity index (χ3v) is 12.2. The van der Waals surface area contributed by atoms with Gasteiger partial charge in [-0.3, -0.25) is 0 Å². The zero-order chi connectivity index (χ0) is 34.6. The van der Waals surface area contributed by atoms with Crippen LogP contribution < -0.4 is 26.2 Å². The molecule has 13 rings (SSSR count). The Morgan fingerprint density at radius 3 is 1.32 bits per heavy atom. The van der Waals surface area contributed by atoms with Crippen molar-refractivity contribution in [1.29, 1.82) is 0 Å². The van der Waals surface area contributed by atoms with Crippen LogP contribution in [-0.2, 0) is 0 Å². The normalized spacial score (nSPS) is 16.6. The largest absolute Gasteiger partial charge is 0.311 e. The predicted octanol–water partition coefficient (Wildman–Crippen LogP) is 10.4. The van der Waals surface area contributed by atoms with Gasteiger partial charge in [0.25, 0.3) is 6.71 Å². The van der Waals surface area contributed by atoms with Crippen molar-refractivity contribution in [2.75, 3.05) is 9.80 Å². The average molecular weight is 673 g/mol. The molecule has 2 heterocycles. The second-order valence-electron chi connectivity index (χ2n) is 14.8. The summed E-state index contributed by atoms with van der Waals surface area (Å²) >= 11 is 0. The SMILES string of the molecule is c1ccc(N2c3ccccc3B3c4ccccc4N(c4ccccc4)c4cc(-c5cccc6c5C5c7ccccc7C6c6ccccc65)cc2c43)cc1. The smallest absolute Gasteiger partial charge is 0.252 e. The van der Waals surface area contributed by atoms with E-state index in [0.29, 0.717) is 0 Å². The molecule has 0 fully saturated rings. The van der Waals surface area contributed by atoms with Gasteiger partial charge in [-0.1, -0.05) is 140 Å². The van der Waals surface area contributed by atoms with Crippen LogP contribution in [0.5, 0.6) is 0 Å². The topological polar surface area (TPSA) is 6.48 Å². The summed E-state index contributed by atoms with van der Waals surface area (Å²) in [5.74, 6) is 0.402. The van der Waals surface area contributed by atoms with Crippen molar-refractivity contribution in [3.05, 3.63) is 221 Å². The van der Waals surface area contributed by atoms with Crippen molar-refractivity contribution >= 4 is 57.2 Å². The van der Waals surface area contributed by atoms with Gasteiger partial charge in [-0.25, -0.2) is 0 Å². The van der Waals surface area contributed by atoms with Crippen molar-refractivity contribution in [3.8, 4) is 11.1 Å². The van der Waals surface area contributed by atoms with Gasteiger partial charge in [0.1, 0.15) is 0 Å². The maximum atomic E-state index is 2.51. The van der Waals surface area contributed by atoms with Crippen LogP contribution in [0.15, 0.2) is 188 Å². The molecule has 3 aliphatic carbocycles. The van der Waals surface area contributed by atoms with Crippen molar-refractivity contribution < 1.29 is 0 Å². The van der Waals surface area contributed by atoms with Gasteiger partial charge in [0, 0.05) is 46.0 Å². The molecule has 0 saturated carbocycles. The van der Waals surface area contributed by atoms with Gasteiger partial charge in [-0.15, -0.1) is 0 Å². The second-order valence-corrected chi connectivity index (χ2v) is 14.8. The van der Waals surface area contributed by atoms with Gasteiger partial charge in [-0.2, -0.15) is 0 Å². The first-order valence-corrected chi connectivity index (χ1v) is 18.7. The first-order chi connectivity index (χ1) is 26.3. The minimum Gasteiger partial charge on any atom is -0.311 e. The summed E-state index contributed by atoms with van der Waals surface area (Å²) in [7, 11) is 0. The van der Waals surface area contributed by atoms with Crippen LogP contribution in [-0.4, -0.2) is 6.71 Å². The van der Waals surface area contributed by atoms with Crippen LogP contribution in [0, 0.1) is 0 Å². The Morgan fingerprint density at radius 1 is 0.358 bits per heavy atom. The molecule has 2 aliphatic heterocycles. The van der Waals surface area contributed by atoms with Crippen LogP contribution in [0.3, 0.4) is 0 Å². The molecule has 0 atom stereocenters. The number of anilines is 6. The molecular formula is C50H33BN2. The standard InChI is InChI=1S/C50H33BN2/c1-3-16-33(17-4-1)52-43-28-13-11-26-41(43)51-42-27-12-14-29-44(42)53(34-18-5-2-6-19-34)46-31-32(30-45(52)50(46)51)35-24-15-25-40-47-36-20-7-9-22-38(36)49(48(35)40)39-23-10-8-21-37(39)47/h1-31,47,49H. The summed E-state index contributed by atoms with van der Waals surface area (Å²) in [6.45, 7) is 0.0980. The monoisotopic (exact) mass is 672 g/mol. The van der Waals surface area contributed by atoms with Crippen molar-refractivity contribution in [2.24, 2.45) is 0 Å². The zero-order valence-corrected chi connectivity index (χ0v) is 29.0. The first-order valence-electron chi connectivity index (χ1n) is 18.7. The molecule has 53 heavy (non-hydrogen) atoms. The van der Waals surface area contributed by atoms with E-state index in [1.165, 1.54) is 95.0 Å². The Hall–Kier alpha value is -6.58. The van der Waals surface area contributed by atoms with Gasteiger partial charge in [0.15, 0.2) is 0 Å². The average Bonchev–Trinajstić information content (AvgIpc) is 3.23. The van der Waals surface area contributed by atoms with E-state index in [1.54, 1.807) is 0 Å². The highest BCUT2D eigenvalue weighted by molar-refractivity contribution is 7.00. The molecule has 2 bridgehead atoms. The molecule has 3 heteroatoms. The van der Waals surface area contributed by atoms with Crippen molar-refractivity contribution in [2.45, 2.75) is 11.8 Å². The number of para-hydroxylation sites is 4. The molecule has 0 aromatic heterocycles. The zero-order valence-electron chi connectivity index (χ0n) is 29.0. The van der Waals surface area contributed by atoms with E-state index < -0.39 is 0 Å². The van der Waals surface area contributed by atoms with Crippen LogP contribution >= 0.6 is 0 Å². The molecule has 246 valence electrons. The van der Waals surface area contributed by atoms with E-state index in [1.807, 2.05) is 0 Å².